The molecule has 1 amide bonds. The van der Waals surface area contributed by atoms with Crippen LogP contribution >= 0.6 is 11.3 Å². The number of benzene rings is 2. The topological polar surface area (TPSA) is 97.8 Å². The Morgan fingerprint density at radius 3 is 2.68 bits per heavy atom. The molecular weight excluding hydrogens is 474 g/mol. The highest BCUT2D eigenvalue weighted by Gasteiger charge is 2.32. The second kappa shape index (κ2) is 9.36. The predicted octanol–water partition coefficient (Wildman–Crippen LogP) is 3.79. The van der Waals surface area contributed by atoms with Gasteiger partial charge in [0.2, 0.25) is 15.9 Å². The van der Waals surface area contributed by atoms with Crippen LogP contribution in [0.3, 0.4) is 0 Å². The number of hydrogen-bond donors (Lipinski definition) is 1. The van der Waals surface area contributed by atoms with Crippen molar-refractivity contribution in [3.63, 3.8) is 0 Å². The lowest BCUT2D eigenvalue weighted by molar-refractivity contribution is -0.120. The number of rotatable bonds is 6. The van der Waals surface area contributed by atoms with E-state index in [2.05, 4.69) is 16.4 Å². The number of carbonyl (C=O) groups excluding carboxylic acids is 1. The molecule has 3 aromatic rings. The molecule has 0 saturated carbocycles. The van der Waals surface area contributed by atoms with E-state index in [0.29, 0.717) is 43.4 Å². The van der Waals surface area contributed by atoms with Gasteiger partial charge in [-0.3, -0.25) is 4.79 Å². The summed E-state index contributed by atoms with van der Waals surface area (Å²) in [6.45, 7) is 1.30. The molecule has 5 rings (SSSR count). The number of piperidine rings is 1. The summed E-state index contributed by atoms with van der Waals surface area (Å²) in [5.74, 6) is 1.15. The Morgan fingerprint density at radius 1 is 1.18 bits per heavy atom. The molecule has 1 N–H and O–H groups in total. The van der Waals surface area contributed by atoms with Crippen LogP contribution in [0, 0.1) is 5.92 Å². The number of anilines is 1. The summed E-state index contributed by atoms with van der Waals surface area (Å²) < 4.78 is 38.0. The first kappa shape index (κ1) is 22.8. The molecular formula is C24H25N3O5S2. The Kier molecular flexibility index (Phi) is 6.28. The van der Waals surface area contributed by atoms with E-state index in [1.165, 1.54) is 28.3 Å². The zero-order valence-electron chi connectivity index (χ0n) is 18.7. The van der Waals surface area contributed by atoms with Crippen LogP contribution < -0.4 is 14.8 Å². The van der Waals surface area contributed by atoms with Gasteiger partial charge in [0, 0.05) is 36.4 Å². The van der Waals surface area contributed by atoms with Crippen LogP contribution in [0.4, 0.5) is 5.13 Å². The maximum atomic E-state index is 12.9. The van der Waals surface area contributed by atoms with E-state index in [4.69, 9.17) is 9.47 Å². The highest BCUT2D eigenvalue weighted by molar-refractivity contribution is 7.89. The molecule has 0 atom stereocenters. The van der Waals surface area contributed by atoms with Gasteiger partial charge in [0.25, 0.3) is 0 Å². The summed E-state index contributed by atoms with van der Waals surface area (Å²) >= 11 is 1.38. The molecule has 178 valence electrons. The van der Waals surface area contributed by atoms with Crippen LogP contribution in [0.5, 0.6) is 11.5 Å². The highest BCUT2D eigenvalue weighted by Crippen LogP contribution is 2.32. The van der Waals surface area contributed by atoms with Gasteiger partial charge in [0.15, 0.2) is 5.13 Å². The monoisotopic (exact) mass is 499 g/mol. The number of fused-ring (bicyclic) bond motifs is 1. The number of amides is 1. The lowest BCUT2D eigenvalue weighted by Crippen LogP contribution is -2.41. The van der Waals surface area contributed by atoms with Crippen LogP contribution in [0.1, 0.15) is 18.4 Å². The van der Waals surface area contributed by atoms with E-state index in [1.807, 2.05) is 17.5 Å². The van der Waals surface area contributed by atoms with Crippen LogP contribution in [0.15, 0.2) is 52.7 Å². The van der Waals surface area contributed by atoms with Crippen LogP contribution in [0.25, 0.3) is 11.3 Å². The van der Waals surface area contributed by atoms with Crippen molar-refractivity contribution in [1.29, 1.82) is 0 Å². The predicted molar refractivity (Wildman–Crippen MR) is 130 cm³/mol. The first-order chi connectivity index (χ1) is 16.4. The smallest absolute Gasteiger partial charge is 0.243 e. The zero-order chi connectivity index (χ0) is 23.7. The van der Waals surface area contributed by atoms with Gasteiger partial charge in [-0.05, 0) is 60.9 Å². The molecule has 34 heavy (non-hydrogen) atoms. The number of ether oxygens (including phenoxy) is 2. The van der Waals surface area contributed by atoms with Crippen molar-refractivity contribution in [2.24, 2.45) is 5.92 Å². The van der Waals surface area contributed by atoms with Gasteiger partial charge in [-0.25, -0.2) is 13.4 Å². The largest absolute Gasteiger partial charge is 0.497 e. The Labute approximate surface area is 202 Å². The summed E-state index contributed by atoms with van der Waals surface area (Å²) in [7, 11) is -2.06. The lowest BCUT2D eigenvalue weighted by Gasteiger charge is -2.30. The Balaban J connectivity index is 1.19. The van der Waals surface area contributed by atoms with E-state index >= 15 is 0 Å². The normalized spacial score (nSPS) is 16.6. The van der Waals surface area contributed by atoms with Crippen LogP contribution in [-0.4, -0.2) is 50.4 Å². The van der Waals surface area contributed by atoms with E-state index in [1.54, 1.807) is 24.3 Å². The number of nitrogens with zero attached hydrogens (tertiary/aromatic N) is 2. The molecule has 0 bridgehead atoms. The van der Waals surface area contributed by atoms with Gasteiger partial charge in [0.05, 0.1) is 24.3 Å². The van der Waals surface area contributed by atoms with E-state index in [-0.39, 0.29) is 16.7 Å². The third-order valence-electron chi connectivity index (χ3n) is 6.24. The fraction of sp³-hybridized carbons (Fsp3) is 0.333. The minimum absolute atomic E-state index is 0.121. The third kappa shape index (κ3) is 4.53. The van der Waals surface area contributed by atoms with Gasteiger partial charge >= 0.3 is 0 Å². The molecule has 10 heteroatoms. The number of sulfonamides is 1. The number of aromatic nitrogens is 1. The first-order valence-electron chi connectivity index (χ1n) is 11.1. The van der Waals surface area contributed by atoms with Crippen LogP contribution in [0.2, 0.25) is 0 Å². The Hall–Kier alpha value is -2.95. The summed E-state index contributed by atoms with van der Waals surface area (Å²) in [5, 5.41) is 5.39. The number of thiazole rings is 1. The maximum absolute atomic E-state index is 12.9. The van der Waals surface area contributed by atoms with Gasteiger partial charge in [-0.2, -0.15) is 4.31 Å². The van der Waals surface area contributed by atoms with Gasteiger partial charge < -0.3 is 14.8 Å². The SMILES string of the molecule is COc1ccc(S(=O)(=O)N2CCC(C(=O)Nc3nc(-c4ccc5c(c4)CCO5)cs3)CC2)cc1. The minimum Gasteiger partial charge on any atom is -0.497 e. The molecule has 2 aliphatic rings. The molecule has 2 aromatic carbocycles. The van der Waals surface area contributed by atoms with E-state index < -0.39 is 10.0 Å². The average molecular weight is 500 g/mol. The van der Waals surface area contributed by atoms with Gasteiger partial charge in [-0.15, -0.1) is 11.3 Å². The number of hydrogen-bond acceptors (Lipinski definition) is 7. The van der Waals surface area contributed by atoms with Gasteiger partial charge in [0.1, 0.15) is 11.5 Å². The summed E-state index contributed by atoms with van der Waals surface area (Å²) in [6, 6.07) is 12.4. The second-order valence-corrected chi connectivity index (χ2v) is 11.1. The molecule has 3 heterocycles. The summed E-state index contributed by atoms with van der Waals surface area (Å²) in [4.78, 5) is 17.6. The molecule has 1 fully saturated rings. The lowest BCUT2D eigenvalue weighted by atomic mass is 9.97. The third-order valence-corrected chi connectivity index (χ3v) is 8.91. The van der Waals surface area contributed by atoms with Crippen LogP contribution in [-0.2, 0) is 21.2 Å². The van der Waals surface area contributed by atoms with Crippen molar-refractivity contribution in [1.82, 2.24) is 9.29 Å². The second-order valence-electron chi connectivity index (χ2n) is 8.30. The molecule has 1 saturated heterocycles. The molecule has 0 spiro atoms. The zero-order valence-corrected chi connectivity index (χ0v) is 20.3. The molecule has 0 radical (unpaired) electrons. The molecule has 2 aliphatic heterocycles. The van der Waals surface area contributed by atoms with Crippen molar-refractivity contribution < 1.29 is 22.7 Å². The standard InChI is InChI=1S/C24H25N3O5S2/c1-31-19-3-5-20(6-4-19)34(29,30)27-11-8-16(9-12-27)23(28)26-24-25-21(15-33-24)17-2-7-22-18(14-17)10-13-32-22/h2-7,14-16H,8-13H2,1H3,(H,25,26,28). The van der Waals surface area contributed by atoms with E-state index in [9.17, 15) is 13.2 Å². The summed E-state index contributed by atoms with van der Waals surface area (Å²) in [5.41, 5.74) is 2.99. The minimum atomic E-state index is -3.60. The fourth-order valence-electron chi connectivity index (χ4n) is 4.27. The fourth-order valence-corrected chi connectivity index (χ4v) is 6.46. The van der Waals surface area contributed by atoms with Crippen molar-refractivity contribution >= 4 is 32.4 Å². The number of carbonyl (C=O) groups is 1. The van der Waals surface area contributed by atoms with Gasteiger partial charge in [-0.1, -0.05) is 0 Å². The molecule has 1 aromatic heterocycles. The molecule has 8 nitrogen and oxygen atoms in total. The number of nitrogens with one attached hydrogen (secondary N) is 1. The average Bonchev–Trinajstić information content (AvgIpc) is 3.53. The van der Waals surface area contributed by atoms with Crippen molar-refractivity contribution in [3.05, 3.63) is 53.4 Å². The molecule has 0 aliphatic carbocycles. The number of methoxy groups -OCH3 is 1. The first-order valence-corrected chi connectivity index (χ1v) is 13.4. The Morgan fingerprint density at radius 2 is 1.94 bits per heavy atom. The highest BCUT2D eigenvalue weighted by atomic mass is 32.2. The molecule has 0 unspecified atom stereocenters. The van der Waals surface area contributed by atoms with Crippen molar-refractivity contribution in [2.45, 2.75) is 24.2 Å². The van der Waals surface area contributed by atoms with Crippen molar-refractivity contribution in [2.75, 3.05) is 32.1 Å². The van der Waals surface area contributed by atoms with E-state index in [0.717, 1.165) is 23.4 Å². The Bertz CT molecular complexity index is 1300. The quantitative estimate of drug-likeness (QED) is 0.554. The maximum Gasteiger partial charge on any atom is 0.243 e. The summed E-state index contributed by atoms with van der Waals surface area (Å²) in [6.07, 6.45) is 1.82. The van der Waals surface area contributed by atoms with Crippen molar-refractivity contribution in [3.8, 4) is 22.8 Å².